The number of carbonyl (C=O) groups is 3. The molecule has 16 heavy (non-hydrogen) atoms. The molecule has 7 nitrogen and oxygen atoms in total. The van der Waals surface area contributed by atoms with Crippen molar-refractivity contribution in [3.8, 4) is 0 Å². The number of amides is 3. The summed E-state index contributed by atoms with van der Waals surface area (Å²) in [6, 6.07) is 0.927. The van der Waals surface area contributed by atoms with Crippen molar-refractivity contribution in [2.24, 2.45) is 0 Å². The van der Waals surface area contributed by atoms with Crippen molar-refractivity contribution in [2.75, 3.05) is 11.4 Å². The minimum Gasteiger partial charge on any atom is -0.296 e. The molecule has 0 aromatic carbocycles. The molecule has 1 saturated heterocycles. The Morgan fingerprint density at radius 2 is 2.25 bits per heavy atom. The van der Waals surface area contributed by atoms with Crippen LogP contribution in [0, 0.1) is 0 Å². The van der Waals surface area contributed by atoms with E-state index in [0.717, 1.165) is 0 Å². The fraction of sp³-hybridized carbons (Fsp3) is 0.222. The molecule has 1 fully saturated rings. The van der Waals surface area contributed by atoms with Gasteiger partial charge in [0.25, 0.3) is 0 Å². The molecule has 0 atom stereocenters. The van der Waals surface area contributed by atoms with Crippen LogP contribution in [0.2, 0.25) is 0 Å². The minimum absolute atomic E-state index is 0.141. The first-order valence-corrected chi connectivity index (χ1v) is 4.60. The average molecular weight is 220 g/mol. The fourth-order valence-electron chi connectivity index (χ4n) is 1.39. The van der Waals surface area contributed by atoms with Crippen LogP contribution in [0.1, 0.15) is 16.9 Å². The molecule has 1 aromatic heterocycles. The summed E-state index contributed by atoms with van der Waals surface area (Å²) in [4.78, 5) is 34.2. The third-order valence-electron chi connectivity index (χ3n) is 2.15. The Bertz CT molecular complexity index is 460. The van der Waals surface area contributed by atoms with Crippen molar-refractivity contribution in [3.05, 3.63) is 18.0 Å². The maximum absolute atomic E-state index is 11.5. The van der Waals surface area contributed by atoms with Crippen LogP contribution in [0.25, 0.3) is 0 Å². The highest BCUT2D eigenvalue weighted by atomic mass is 16.2. The van der Waals surface area contributed by atoms with Crippen LogP contribution in [0.5, 0.6) is 0 Å². The first-order valence-electron chi connectivity index (χ1n) is 4.60. The SMILES string of the molecule is O=Cc1cc(N2CCC(=O)NC2=O)cnn1. The Hall–Kier alpha value is -2.31. The van der Waals surface area contributed by atoms with Gasteiger partial charge in [0, 0.05) is 13.0 Å². The number of aromatic nitrogens is 2. The molecule has 0 saturated carbocycles. The lowest BCUT2D eigenvalue weighted by Crippen LogP contribution is -2.49. The van der Waals surface area contributed by atoms with Gasteiger partial charge in [0.05, 0.1) is 11.9 Å². The first kappa shape index (κ1) is 10.2. The van der Waals surface area contributed by atoms with Crippen molar-refractivity contribution in [1.29, 1.82) is 0 Å². The van der Waals surface area contributed by atoms with Crippen LogP contribution < -0.4 is 10.2 Å². The third-order valence-corrected chi connectivity index (χ3v) is 2.15. The molecular weight excluding hydrogens is 212 g/mol. The molecule has 2 heterocycles. The number of urea groups is 1. The zero-order valence-corrected chi connectivity index (χ0v) is 8.21. The van der Waals surface area contributed by atoms with Gasteiger partial charge >= 0.3 is 6.03 Å². The van der Waals surface area contributed by atoms with E-state index in [4.69, 9.17) is 0 Å². The first-order chi connectivity index (χ1) is 7.70. The maximum atomic E-state index is 11.5. The van der Waals surface area contributed by atoms with Gasteiger partial charge in [-0.2, -0.15) is 5.10 Å². The van der Waals surface area contributed by atoms with Crippen molar-refractivity contribution < 1.29 is 14.4 Å². The summed E-state index contributed by atoms with van der Waals surface area (Å²) in [5.74, 6) is -0.307. The number of nitrogens with zero attached hydrogens (tertiary/aromatic N) is 3. The topological polar surface area (TPSA) is 92.3 Å². The summed E-state index contributed by atoms with van der Waals surface area (Å²) < 4.78 is 0. The van der Waals surface area contributed by atoms with E-state index in [1.807, 2.05) is 0 Å². The molecule has 1 aliphatic heterocycles. The summed E-state index contributed by atoms with van der Waals surface area (Å²) in [7, 11) is 0. The zero-order chi connectivity index (χ0) is 11.5. The van der Waals surface area contributed by atoms with Gasteiger partial charge in [-0.1, -0.05) is 0 Å². The third kappa shape index (κ3) is 1.88. The van der Waals surface area contributed by atoms with E-state index in [2.05, 4.69) is 15.5 Å². The Labute approximate surface area is 90.5 Å². The Balaban J connectivity index is 2.26. The highest BCUT2D eigenvalue weighted by Crippen LogP contribution is 2.15. The molecule has 1 N–H and O–H groups in total. The van der Waals surface area contributed by atoms with Crippen molar-refractivity contribution in [1.82, 2.24) is 15.5 Å². The normalized spacial score (nSPS) is 15.9. The maximum Gasteiger partial charge on any atom is 0.328 e. The number of aldehydes is 1. The highest BCUT2D eigenvalue weighted by molar-refractivity contribution is 6.05. The fourth-order valence-corrected chi connectivity index (χ4v) is 1.39. The molecule has 1 aromatic rings. The monoisotopic (exact) mass is 220 g/mol. The predicted octanol–water partition coefficient (Wildman–Crippen LogP) is -0.265. The van der Waals surface area contributed by atoms with E-state index in [1.54, 1.807) is 0 Å². The Morgan fingerprint density at radius 3 is 2.94 bits per heavy atom. The lowest BCUT2D eigenvalue weighted by Gasteiger charge is -2.25. The Kier molecular flexibility index (Phi) is 2.59. The van der Waals surface area contributed by atoms with Crippen LogP contribution in [0.15, 0.2) is 12.3 Å². The molecule has 2 rings (SSSR count). The smallest absolute Gasteiger partial charge is 0.296 e. The molecule has 0 spiro atoms. The van der Waals surface area contributed by atoms with E-state index in [0.29, 0.717) is 12.0 Å². The number of hydrogen-bond donors (Lipinski definition) is 1. The van der Waals surface area contributed by atoms with Crippen LogP contribution in [-0.4, -0.2) is 35.0 Å². The van der Waals surface area contributed by atoms with E-state index >= 15 is 0 Å². The van der Waals surface area contributed by atoms with Gasteiger partial charge < -0.3 is 0 Å². The Morgan fingerprint density at radius 1 is 1.44 bits per heavy atom. The number of nitrogens with one attached hydrogen (secondary N) is 1. The standard InChI is InChI=1S/C9H8N4O3/c14-5-6-3-7(4-10-12-6)13-2-1-8(15)11-9(13)16/h3-5H,1-2H2,(H,11,15,16). The second-order valence-electron chi connectivity index (χ2n) is 3.21. The lowest BCUT2D eigenvalue weighted by atomic mass is 10.2. The van der Waals surface area contributed by atoms with Crippen LogP contribution in [0.4, 0.5) is 10.5 Å². The number of carbonyl (C=O) groups excluding carboxylic acids is 3. The second kappa shape index (κ2) is 4.05. The van der Waals surface area contributed by atoms with Gasteiger partial charge in [-0.15, -0.1) is 5.10 Å². The van der Waals surface area contributed by atoms with Gasteiger partial charge in [-0.25, -0.2) is 4.79 Å². The van der Waals surface area contributed by atoms with Crippen LogP contribution in [-0.2, 0) is 4.79 Å². The van der Waals surface area contributed by atoms with E-state index in [-0.39, 0.29) is 24.6 Å². The van der Waals surface area contributed by atoms with Crippen LogP contribution >= 0.6 is 0 Å². The number of imide groups is 1. The average Bonchev–Trinajstić information content (AvgIpc) is 2.29. The van der Waals surface area contributed by atoms with Crippen molar-refractivity contribution in [2.45, 2.75) is 6.42 Å². The van der Waals surface area contributed by atoms with Gasteiger partial charge in [-0.05, 0) is 6.07 Å². The van der Waals surface area contributed by atoms with E-state index in [1.165, 1.54) is 17.2 Å². The molecule has 0 radical (unpaired) electrons. The van der Waals surface area contributed by atoms with Crippen LogP contribution in [0.3, 0.4) is 0 Å². The predicted molar refractivity (Wildman–Crippen MR) is 52.9 cm³/mol. The van der Waals surface area contributed by atoms with E-state index in [9.17, 15) is 14.4 Å². The minimum atomic E-state index is -0.513. The molecular formula is C9H8N4O3. The van der Waals surface area contributed by atoms with E-state index < -0.39 is 6.03 Å². The van der Waals surface area contributed by atoms with Crippen molar-refractivity contribution in [3.63, 3.8) is 0 Å². The molecule has 0 bridgehead atoms. The van der Waals surface area contributed by atoms with Gasteiger partial charge in [0.2, 0.25) is 5.91 Å². The number of rotatable bonds is 2. The van der Waals surface area contributed by atoms with Gasteiger partial charge in [0.15, 0.2) is 6.29 Å². The van der Waals surface area contributed by atoms with Crippen molar-refractivity contribution >= 4 is 23.9 Å². The molecule has 3 amide bonds. The molecule has 0 aliphatic carbocycles. The zero-order valence-electron chi connectivity index (χ0n) is 8.21. The number of anilines is 1. The molecule has 7 heteroatoms. The van der Waals surface area contributed by atoms with Gasteiger partial charge in [-0.3, -0.25) is 19.8 Å². The second-order valence-corrected chi connectivity index (χ2v) is 3.21. The number of hydrogen-bond acceptors (Lipinski definition) is 5. The lowest BCUT2D eigenvalue weighted by molar-refractivity contribution is -0.120. The summed E-state index contributed by atoms with van der Waals surface area (Å²) in [5, 5.41) is 9.32. The highest BCUT2D eigenvalue weighted by Gasteiger charge is 2.24. The summed E-state index contributed by atoms with van der Waals surface area (Å²) in [5.41, 5.74) is 0.587. The van der Waals surface area contributed by atoms with Gasteiger partial charge in [0.1, 0.15) is 5.69 Å². The molecule has 82 valence electrons. The summed E-state index contributed by atoms with van der Waals surface area (Å²) in [6.45, 7) is 0.272. The molecule has 1 aliphatic rings. The summed E-state index contributed by atoms with van der Waals surface area (Å²) in [6.07, 6.45) is 2.14. The quantitative estimate of drug-likeness (QED) is 0.693. The summed E-state index contributed by atoms with van der Waals surface area (Å²) >= 11 is 0. The largest absolute Gasteiger partial charge is 0.328 e. The molecule has 0 unspecified atom stereocenters.